The summed E-state index contributed by atoms with van der Waals surface area (Å²) in [4.78, 5) is 9.81. The molecule has 0 bridgehead atoms. The van der Waals surface area contributed by atoms with Gasteiger partial charge in [-0.1, -0.05) is 6.92 Å². The number of carbonyl (C=O) groups excluding carboxylic acids is 1. The molecule has 0 aromatic carbocycles. The molecule has 0 aromatic rings. The molecule has 0 fully saturated rings. The van der Waals surface area contributed by atoms with Crippen LogP contribution in [0, 0.1) is 0 Å². The normalized spacial score (nSPS) is 8.11. The minimum Gasteiger partial charge on any atom is -0.300 e. The van der Waals surface area contributed by atoms with E-state index < -0.39 is 10.8 Å². The molecule has 0 saturated carbocycles. The number of hydrogen-bond donors (Lipinski definition) is 0. The van der Waals surface area contributed by atoms with Crippen molar-refractivity contribution >= 4 is 16.6 Å². The molecule has 0 saturated heterocycles. The van der Waals surface area contributed by atoms with E-state index in [0.29, 0.717) is 6.42 Å². The van der Waals surface area contributed by atoms with Crippen LogP contribution in [0.4, 0.5) is 0 Å². The SMILES string of the molecule is CCC(C)=O.CS(C)=O. The maximum Gasteiger partial charge on any atom is 0.129 e. The lowest BCUT2D eigenvalue weighted by Gasteiger charge is -1.71. The van der Waals surface area contributed by atoms with E-state index in [0.717, 1.165) is 0 Å². The van der Waals surface area contributed by atoms with E-state index in [4.69, 9.17) is 0 Å². The molecule has 0 aliphatic rings. The smallest absolute Gasteiger partial charge is 0.129 e. The standard InChI is InChI=1S/C4H8O.C2H6OS/c1-3-4(2)5;1-4(2)3/h3H2,1-2H3;1-2H3. The van der Waals surface area contributed by atoms with Gasteiger partial charge in [-0.25, -0.2) is 0 Å². The van der Waals surface area contributed by atoms with Crippen molar-refractivity contribution in [3.8, 4) is 0 Å². The van der Waals surface area contributed by atoms with E-state index in [1.165, 1.54) is 0 Å². The van der Waals surface area contributed by atoms with E-state index in [9.17, 15) is 9.00 Å². The maximum absolute atomic E-state index is 9.81. The molecule has 56 valence electrons. The molecule has 0 radical (unpaired) electrons. The van der Waals surface area contributed by atoms with Crippen molar-refractivity contribution in [3.05, 3.63) is 0 Å². The zero-order valence-corrected chi connectivity index (χ0v) is 7.25. The molecule has 3 heteroatoms. The van der Waals surface area contributed by atoms with Crippen LogP contribution >= 0.6 is 0 Å². The fraction of sp³-hybridized carbons (Fsp3) is 0.833. The average Bonchev–Trinajstić information content (AvgIpc) is 1.65. The monoisotopic (exact) mass is 150 g/mol. The van der Waals surface area contributed by atoms with Crippen LogP contribution in [0.15, 0.2) is 0 Å². The summed E-state index contributed by atoms with van der Waals surface area (Å²) in [7, 11) is -0.611. The lowest BCUT2D eigenvalue weighted by atomic mass is 10.4. The second-order valence-electron chi connectivity index (χ2n) is 1.80. The zero-order chi connectivity index (χ0) is 7.86. The summed E-state index contributed by atoms with van der Waals surface area (Å²) in [5.41, 5.74) is 0. The molecule has 0 rings (SSSR count). The van der Waals surface area contributed by atoms with E-state index in [2.05, 4.69) is 0 Å². The summed E-state index contributed by atoms with van der Waals surface area (Å²) < 4.78 is 9.56. The molecule has 0 unspecified atom stereocenters. The van der Waals surface area contributed by atoms with E-state index in [1.807, 2.05) is 6.92 Å². The molecular formula is C6H14O2S. The Morgan fingerprint density at radius 2 is 1.56 bits per heavy atom. The van der Waals surface area contributed by atoms with Crippen molar-refractivity contribution in [1.29, 1.82) is 0 Å². The van der Waals surface area contributed by atoms with Gasteiger partial charge in [0.25, 0.3) is 0 Å². The van der Waals surface area contributed by atoms with Crippen molar-refractivity contribution in [3.63, 3.8) is 0 Å². The Labute approximate surface area is 59.1 Å². The second kappa shape index (κ2) is 7.82. The molecule has 0 spiro atoms. The third-order valence-electron chi connectivity index (χ3n) is 0.498. The van der Waals surface area contributed by atoms with Gasteiger partial charge in [0.1, 0.15) is 5.78 Å². The largest absolute Gasteiger partial charge is 0.300 e. The Hall–Kier alpha value is -0.180. The van der Waals surface area contributed by atoms with Crippen molar-refractivity contribution in [2.75, 3.05) is 12.5 Å². The summed E-state index contributed by atoms with van der Waals surface area (Å²) in [6.45, 7) is 3.43. The molecule has 0 N–H and O–H groups in total. The highest BCUT2D eigenvalue weighted by Gasteiger charge is 1.76. The average molecular weight is 150 g/mol. The number of hydrogen-bond acceptors (Lipinski definition) is 2. The third-order valence-corrected chi connectivity index (χ3v) is 0.498. The second-order valence-corrected chi connectivity index (χ2v) is 3.28. The van der Waals surface area contributed by atoms with Crippen LogP contribution in [0.25, 0.3) is 0 Å². The van der Waals surface area contributed by atoms with E-state index >= 15 is 0 Å². The first-order chi connectivity index (χ1) is 4.00. The van der Waals surface area contributed by atoms with Gasteiger partial charge in [0.2, 0.25) is 0 Å². The maximum atomic E-state index is 9.81. The van der Waals surface area contributed by atoms with Gasteiger partial charge >= 0.3 is 0 Å². The highest BCUT2D eigenvalue weighted by atomic mass is 32.2. The van der Waals surface area contributed by atoms with Crippen LogP contribution in [0.5, 0.6) is 0 Å². The molecule has 0 aliphatic carbocycles. The zero-order valence-electron chi connectivity index (χ0n) is 6.43. The lowest BCUT2D eigenvalue weighted by Crippen LogP contribution is -1.80. The first kappa shape index (κ1) is 11.6. The fourth-order valence-corrected chi connectivity index (χ4v) is 0. The summed E-state index contributed by atoms with van der Waals surface area (Å²) >= 11 is 0. The predicted octanol–water partition coefficient (Wildman–Crippen LogP) is 0.980. The first-order valence-electron chi connectivity index (χ1n) is 2.75. The van der Waals surface area contributed by atoms with Crippen molar-refractivity contribution < 1.29 is 9.00 Å². The molecule has 2 nitrogen and oxygen atoms in total. The summed E-state index contributed by atoms with van der Waals surface area (Å²) in [6.07, 6.45) is 3.94. The Kier molecular flexibility index (Phi) is 10.1. The number of rotatable bonds is 1. The summed E-state index contributed by atoms with van der Waals surface area (Å²) in [6, 6.07) is 0. The van der Waals surface area contributed by atoms with Gasteiger partial charge in [-0.05, 0) is 6.92 Å². The number of Topliss-reactive ketones (excluding diaryl/α,β-unsaturated/α-hetero) is 1. The van der Waals surface area contributed by atoms with Gasteiger partial charge in [-0.3, -0.25) is 4.21 Å². The molecule has 9 heavy (non-hydrogen) atoms. The van der Waals surface area contributed by atoms with Gasteiger partial charge in [-0.15, -0.1) is 0 Å². The topological polar surface area (TPSA) is 34.1 Å². The highest BCUT2D eigenvalue weighted by molar-refractivity contribution is 7.83. The van der Waals surface area contributed by atoms with E-state index in [1.54, 1.807) is 19.4 Å². The van der Waals surface area contributed by atoms with Gasteiger partial charge < -0.3 is 4.79 Å². The Morgan fingerprint density at radius 3 is 1.56 bits per heavy atom. The summed E-state index contributed by atoms with van der Waals surface area (Å²) in [5, 5.41) is 0. The van der Waals surface area contributed by atoms with Gasteiger partial charge in [0.15, 0.2) is 0 Å². The van der Waals surface area contributed by atoms with Gasteiger partial charge in [0.05, 0.1) is 0 Å². The molecule has 0 aromatic heterocycles. The lowest BCUT2D eigenvalue weighted by molar-refractivity contribution is -0.116. The Bertz CT molecular complexity index is 95.2. The first-order valence-corrected chi connectivity index (χ1v) is 4.71. The van der Waals surface area contributed by atoms with Crippen LogP contribution in [0.2, 0.25) is 0 Å². The molecule has 0 amide bonds. The predicted molar refractivity (Wildman–Crippen MR) is 41.0 cm³/mol. The molecular weight excluding hydrogens is 136 g/mol. The van der Waals surface area contributed by atoms with Crippen LogP contribution in [-0.4, -0.2) is 22.5 Å². The van der Waals surface area contributed by atoms with Gasteiger partial charge in [-0.2, -0.15) is 0 Å². The van der Waals surface area contributed by atoms with Crippen molar-refractivity contribution in [1.82, 2.24) is 0 Å². The molecule has 0 aliphatic heterocycles. The van der Waals surface area contributed by atoms with Crippen LogP contribution in [0.3, 0.4) is 0 Å². The highest BCUT2D eigenvalue weighted by Crippen LogP contribution is 1.71. The third kappa shape index (κ3) is 80.0. The Balaban J connectivity index is 0. The van der Waals surface area contributed by atoms with E-state index in [-0.39, 0.29) is 5.78 Å². The summed E-state index contributed by atoms with van der Waals surface area (Å²) in [5.74, 6) is 0.255. The number of ketones is 1. The van der Waals surface area contributed by atoms with Crippen molar-refractivity contribution in [2.24, 2.45) is 0 Å². The molecule has 0 heterocycles. The Morgan fingerprint density at radius 1 is 1.44 bits per heavy atom. The quantitative estimate of drug-likeness (QED) is 0.558. The number of carbonyl (C=O) groups is 1. The van der Waals surface area contributed by atoms with Crippen LogP contribution in [-0.2, 0) is 15.6 Å². The van der Waals surface area contributed by atoms with Gasteiger partial charge in [0, 0.05) is 29.7 Å². The van der Waals surface area contributed by atoms with Crippen molar-refractivity contribution in [2.45, 2.75) is 20.3 Å². The van der Waals surface area contributed by atoms with Crippen LogP contribution in [0.1, 0.15) is 20.3 Å². The van der Waals surface area contributed by atoms with Crippen LogP contribution < -0.4 is 0 Å². The fourth-order valence-electron chi connectivity index (χ4n) is 0. The minimum atomic E-state index is -0.611. The minimum absolute atomic E-state index is 0.255. The molecule has 0 atom stereocenters.